The van der Waals surface area contributed by atoms with Gasteiger partial charge in [-0.05, 0) is 39.0 Å². The molecule has 0 unspecified atom stereocenters. The quantitative estimate of drug-likeness (QED) is 0.672. The molecule has 1 aliphatic heterocycles. The Morgan fingerprint density at radius 3 is 2.41 bits per heavy atom. The third-order valence-corrected chi connectivity index (χ3v) is 6.09. The van der Waals surface area contributed by atoms with Crippen molar-refractivity contribution in [3.63, 3.8) is 0 Å². The number of halogens is 2. The van der Waals surface area contributed by atoms with Gasteiger partial charge in [0, 0.05) is 30.9 Å². The van der Waals surface area contributed by atoms with Gasteiger partial charge in [-0.15, -0.1) is 0 Å². The predicted octanol–water partition coefficient (Wildman–Crippen LogP) is 2.46. The second-order valence-corrected chi connectivity index (χ2v) is 8.68. The monoisotopic (exact) mass is 406 g/mol. The van der Waals surface area contributed by atoms with Crippen LogP contribution in [0.1, 0.15) is 49.5 Å². The topological polar surface area (TPSA) is 115 Å². The molecule has 0 radical (unpaired) electrons. The molecule has 9 heteroatoms. The van der Waals surface area contributed by atoms with Crippen LogP contribution in [0.15, 0.2) is 11.0 Å². The fraction of sp³-hybridized carbons (Fsp3) is 0.500. The molecule has 1 atom stereocenters. The molecule has 1 aromatic heterocycles. The number of nitrogens with two attached hydrogens (primary N) is 2. The van der Waals surface area contributed by atoms with E-state index in [2.05, 4.69) is 0 Å². The molecule has 0 bridgehead atoms. The van der Waals surface area contributed by atoms with Gasteiger partial charge < -0.3 is 26.0 Å². The molecule has 0 spiro atoms. The number of carboxylic acid groups (broad SMARTS) is 1. The van der Waals surface area contributed by atoms with Crippen LogP contribution >= 0.6 is 0 Å². The Morgan fingerprint density at radius 2 is 1.90 bits per heavy atom. The molecule has 2 heterocycles. The summed E-state index contributed by atoms with van der Waals surface area (Å²) in [6, 6.07) is -0.141. The van der Waals surface area contributed by atoms with Gasteiger partial charge in [0.2, 0.25) is 5.43 Å². The summed E-state index contributed by atoms with van der Waals surface area (Å²) >= 11 is 0. The predicted molar refractivity (Wildman–Crippen MR) is 106 cm³/mol. The molecule has 2 aromatic rings. The van der Waals surface area contributed by atoms with Gasteiger partial charge in [0.25, 0.3) is 0 Å². The van der Waals surface area contributed by atoms with E-state index in [1.165, 1.54) is 4.57 Å². The number of carbonyl (C=O) groups is 1. The first-order valence-electron chi connectivity index (χ1n) is 9.64. The van der Waals surface area contributed by atoms with Crippen molar-refractivity contribution in [2.24, 2.45) is 11.7 Å². The maximum atomic E-state index is 15.7. The van der Waals surface area contributed by atoms with Gasteiger partial charge in [-0.25, -0.2) is 13.6 Å². The minimum atomic E-state index is -1.46. The van der Waals surface area contributed by atoms with Crippen molar-refractivity contribution in [1.29, 1.82) is 0 Å². The number of nitrogen functional groups attached to an aromatic ring is 1. The van der Waals surface area contributed by atoms with Gasteiger partial charge in [-0.3, -0.25) is 4.79 Å². The Hall–Kier alpha value is -2.68. The molecular formula is C20H24F2N4O3. The SMILES string of the molecule is CC(C)(N)[C@H]1CCN(c2c(F)c(N)c3c(=O)c(C(=O)O)cn(C4CC4)c3c2F)C1. The van der Waals surface area contributed by atoms with Crippen LogP contribution in [0.2, 0.25) is 0 Å². The van der Waals surface area contributed by atoms with E-state index in [1.54, 1.807) is 4.90 Å². The summed E-state index contributed by atoms with van der Waals surface area (Å²) in [4.78, 5) is 25.7. The van der Waals surface area contributed by atoms with Gasteiger partial charge in [-0.2, -0.15) is 0 Å². The number of aromatic nitrogens is 1. The Balaban J connectivity index is 1.98. The summed E-state index contributed by atoms with van der Waals surface area (Å²) in [6.07, 6.45) is 3.25. The van der Waals surface area contributed by atoms with E-state index >= 15 is 8.78 Å². The molecule has 1 saturated heterocycles. The molecule has 0 amide bonds. The van der Waals surface area contributed by atoms with Crippen molar-refractivity contribution < 1.29 is 18.7 Å². The lowest BCUT2D eigenvalue weighted by Gasteiger charge is -2.28. The Kier molecular flexibility index (Phi) is 4.34. The molecule has 4 rings (SSSR count). The average Bonchev–Trinajstić information content (AvgIpc) is 3.35. The van der Waals surface area contributed by atoms with Crippen LogP contribution in [0.4, 0.5) is 20.2 Å². The van der Waals surface area contributed by atoms with Crippen LogP contribution in [-0.2, 0) is 0 Å². The van der Waals surface area contributed by atoms with Crippen molar-refractivity contribution in [3.8, 4) is 0 Å². The maximum Gasteiger partial charge on any atom is 0.341 e. The van der Waals surface area contributed by atoms with Crippen LogP contribution in [0, 0.1) is 17.6 Å². The normalized spacial score (nSPS) is 19.9. The second kappa shape index (κ2) is 6.41. The number of hydrogen-bond donors (Lipinski definition) is 3. The number of nitrogens with zero attached hydrogens (tertiary/aromatic N) is 2. The Morgan fingerprint density at radius 1 is 1.24 bits per heavy atom. The summed E-state index contributed by atoms with van der Waals surface area (Å²) < 4.78 is 32.3. The highest BCUT2D eigenvalue weighted by molar-refractivity contribution is 5.99. The standard InChI is InChI=1S/C20H24F2N4O3/c1-20(2,24)9-5-6-25(7-9)17-13(21)15(23)12-16(14(17)22)26(10-3-4-10)8-11(18(12)27)19(28)29/h8-10H,3-7,23-24H2,1-2H3,(H,28,29)/t9-/m0/s1. The van der Waals surface area contributed by atoms with Crippen LogP contribution in [0.25, 0.3) is 10.9 Å². The van der Waals surface area contributed by atoms with Crippen molar-refractivity contribution in [3.05, 3.63) is 33.6 Å². The van der Waals surface area contributed by atoms with E-state index in [4.69, 9.17) is 11.5 Å². The van der Waals surface area contributed by atoms with Crippen molar-refractivity contribution in [1.82, 2.24) is 4.57 Å². The van der Waals surface area contributed by atoms with E-state index in [1.807, 2.05) is 13.8 Å². The zero-order chi connectivity index (χ0) is 21.2. The summed E-state index contributed by atoms with van der Waals surface area (Å²) in [7, 11) is 0. The number of carboxylic acids is 1. The van der Waals surface area contributed by atoms with Crippen LogP contribution in [0.3, 0.4) is 0 Å². The summed E-state index contributed by atoms with van der Waals surface area (Å²) in [5.74, 6) is -3.34. The van der Waals surface area contributed by atoms with Crippen LogP contribution < -0.4 is 21.8 Å². The highest BCUT2D eigenvalue weighted by atomic mass is 19.1. The van der Waals surface area contributed by atoms with E-state index in [-0.39, 0.29) is 23.2 Å². The highest BCUT2D eigenvalue weighted by Gasteiger charge is 2.37. The molecule has 7 nitrogen and oxygen atoms in total. The molecular weight excluding hydrogens is 382 g/mol. The lowest BCUT2D eigenvalue weighted by Crippen LogP contribution is -2.42. The van der Waals surface area contributed by atoms with Gasteiger partial charge in [-0.1, -0.05) is 0 Å². The lowest BCUT2D eigenvalue weighted by atomic mass is 9.88. The second-order valence-electron chi connectivity index (χ2n) is 8.68. The molecule has 5 N–H and O–H groups in total. The molecule has 1 aromatic carbocycles. The van der Waals surface area contributed by atoms with E-state index in [0.29, 0.717) is 19.5 Å². The lowest BCUT2D eigenvalue weighted by molar-refractivity contribution is 0.0695. The molecule has 156 valence electrons. The van der Waals surface area contributed by atoms with Gasteiger partial charge >= 0.3 is 5.97 Å². The Bertz CT molecular complexity index is 1090. The number of pyridine rings is 1. The van der Waals surface area contributed by atoms with E-state index in [9.17, 15) is 14.7 Å². The summed E-state index contributed by atoms with van der Waals surface area (Å²) in [5, 5.41) is 8.94. The van der Waals surface area contributed by atoms with Crippen LogP contribution in [-0.4, -0.2) is 34.3 Å². The number of fused-ring (bicyclic) bond motifs is 1. The fourth-order valence-electron chi connectivity index (χ4n) is 4.19. The van der Waals surface area contributed by atoms with Crippen LogP contribution in [0.5, 0.6) is 0 Å². The Labute approximate surface area is 165 Å². The van der Waals surface area contributed by atoms with E-state index in [0.717, 1.165) is 19.0 Å². The number of aromatic carboxylic acids is 1. The maximum absolute atomic E-state index is 15.7. The van der Waals surface area contributed by atoms with Crippen molar-refractivity contribution in [2.45, 2.75) is 44.7 Å². The molecule has 2 aliphatic rings. The molecule has 1 saturated carbocycles. The minimum Gasteiger partial charge on any atom is -0.477 e. The third-order valence-electron chi connectivity index (χ3n) is 6.09. The van der Waals surface area contributed by atoms with Crippen molar-refractivity contribution in [2.75, 3.05) is 23.7 Å². The van der Waals surface area contributed by atoms with Crippen molar-refractivity contribution >= 4 is 28.2 Å². The molecule has 29 heavy (non-hydrogen) atoms. The summed E-state index contributed by atoms with van der Waals surface area (Å²) in [5.41, 5.74) is 9.15. The molecule has 2 fully saturated rings. The largest absolute Gasteiger partial charge is 0.477 e. The zero-order valence-corrected chi connectivity index (χ0v) is 16.3. The number of rotatable bonds is 4. The third kappa shape index (κ3) is 3.04. The number of hydrogen-bond acceptors (Lipinski definition) is 5. The van der Waals surface area contributed by atoms with E-state index < -0.39 is 45.2 Å². The van der Waals surface area contributed by atoms with Gasteiger partial charge in [0.1, 0.15) is 11.3 Å². The zero-order valence-electron chi connectivity index (χ0n) is 16.3. The first kappa shape index (κ1) is 19.6. The fourth-order valence-corrected chi connectivity index (χ4v) is 4.19. The number of benzene rings is 1. The first-order valence-corrected chi connectivity index (χ1v) is 9.64. The molecule has 1 aliphatic carbocycles. The number of anilines is 2. The average molecular weight is 406 g/mol. The smallest absolute Gasteiger partial charge is 0.341 e. The minimum absolute atomic E-state index is 0.0400. The van der Waals surface area contributed by atoms with Gasteiger partial charge in [0.05, 0.1) is 16.6 Å². The highest BCUT2D eigenvalue weighted by Crippen LogP contribution is 2.42. The summed E-state index contributed by atoms with van der Waals surface area (Å²) in [6.45, 7) is 4.52. The van der Waals surface area contributed by atoms with Gasteiger partial charge in [0.15, 0.2) is 11.6 Å². The first-order chi connectivity index (χ1) is 13.5.